The van der Waals surface area contributed by atoms with Crippen LogP contribution in [0.25, 0.3) is 0 Å². The number of amides is 1. The molecular formula is C23H31F3N2O2. The predicted octanol–water partition coefficient (Wildman–Crippen LogP) is 4.33. The maximum atomic E-state index is 12.8. The van der Waals surface area contributed by atoms with Crippen LogP contribution in [0.4, 0.5) is 13.2 Å². The summed E-state index contributed by atoms with van der Waals surface area (Å²) in [5, 5.41) is 0. The average Bonchev–Trinajstić information content (AvgIpc) is 2.67. The summed E-state index contributed by atoms with van der Waals surface area (Å²) in [5.41, 5.74) is 0.283. The second-order valence-corrected chi connectivity index (χ2v) is 9.35. The number of hydrogen-bond donors (Lipinski definition) is 0. The van der Waals surface area contributed by atoms with Gasteiger partial charge in [0.2, 0.25) is 5.91 Å². The van der Waals surface area contributed by atoms with E-state index in [4.69, 9.17) is 4.74 Å². The van der Waals surface area contributed by atoms with Crippen LogP contribution in [-0.2, 0) is 22.3 Å². The minimum Gasteiger partial charge on any atom is -0.374 e. The summed E-state index contributed by atoms with van der Waals surface area (Å²) in [6.45, 7) is 7.28. The molecule has 0 aromatic heterocycles. The molecule has 3 heterocycles. The molecule has 3 saturated heterocycles. The Kier molecular flexibility index (Phi) is 6.13. The highest BCUT2D eigenvalue weighted by Gasteiger charge is 2.48. The number of morpholine rings is 1. The van der Waals surface area contributed by atoms with E-state index in [9.17, 15) is 18.0 Å². The highest BCUT2D eigenvalue weighted by atomic mass is 19.4. The van der Waals surface area contributed by atoms with Crippen molar-refractivity contribution in [1.82, 2.24) is 9.80 Å². The Morgan fingerprint density at radius 1 is 1.17 bits per heavy atom. The Hall–Kier alpha value is -1.60. The van der Waals surface area contributed by atoms with Crippen molar-refractivity contribution in [2.75, 3.05) is 19.7 Å². The molecule has 0 spiro atoms. The Bertz CT molecular complexity index is 750. The molecule has 7 heteroatoms. The summed E-state index contributed by atoms with van der Waals surface area (Å²) < 4.78 is 44.8. The van der Waals surface area contributed by atoms with Crippen molar-refractivity contribution in [2.24, 2.45) is 11.8 Å². The lowest BCUT2D eigenvalue weighted by atomic mass is 9.79. The van der Waals surface area contributed by atoms with Crippen molar-refractivity contribution >= 4 is 5.91 Å². The second kappa shape index (κ2) is 8.50. The van der Waals surface area contributed by atoms with Gasteiger partial charge in [-0.1, -0.05) is 26.0 Å². The minimum absolute atomic E-state index is 0.0995. The lowest BCUT2D eigenvalue weighted by Gasteiger charge is -2.54. The van der Waals surface area contributed by atoms with E-state index < -0.39 is 11.7 Å². The smallest absolute Gasteiger partial charge is 0.374 e. The highest BCUT2D eigenvalue weighted by molar-refractivity contribution is 5.78. The molecule has 1 aromatic carbocycles. The van der Waals surface area contributed by atoms with Gasteiger partial charge in [-0.25, -0.2) is 0 Å². The Balaban J connectivity index is 1.50. The van der Waals surface area contributed by atoms with Crippen molar-refractivity contribution in [3.8, 4) is 0 Å². The molecule has 3 aliphatic heterocycles. The van der Waals surface area contributed by atoms with E-state index in [1.807, 2.05) is 0 Å². The van der Waals surface area contributed by atoms with Crippen molar-refractivity contribution < 1.29 is 22.7 Å². The molecule has 3 aliphatic rings. The standard InChI is InChI=1S/C23H31F3N2O2/c1-15(2)19-14-30-20-4-3-11-27(13-17-7-10-21(29)28(19)22(17)20)12-16-5-8-18(9-6-16)23(24,25)26/h5-6,8-9,15,17,19-20,22H,3-4,7,10-14H2,1-2H3/t17-,19-,20-,22-/m1/s1. The maximum Gasteiger partial charge on any atom is 0.416 e. The van der Waals surface area contributed by atoms with E-state index in [-0.39, 0.29) is 24.1 Å². The quantitative estimate of drug-likeness (QED) is 0.724. The van der Waals surface area contributed by atoms with E-state index in [2.05, 4.69) is 23.6 Å². The van der Waals surface area contributed by atoms with Gasteiger partial charge in [-0.2, -0.15) is 13.2 Å². The fourth-order valence-corrected chi connectivity index (χ4v) is 5.40. The maximum absolute atomic E-state index is 12.8. The van der Waals surface area contributed by atoms with Crippen molar-refractivity contribution in [2.45, 2.75) is 70.4 Å². The summed E-state index contributed by atoms with van der Waals surface area (Å²) in [6, 6.07) is 5.74. The molecule has 166 valence electrons. The lowest BCUT2D eigenvalue weighted by Crippen LogP contribution is -2.66. The number of carbonyl (C=O) groups is 1. The SMILES string of the molecule is CC(C)[C@H]1CO[C@@H]2CCCN(Cc3ccc(C(F)(F)F)cc3)C[C@H]3CCC(=O)N1[C@H]32. The first kappa shape index (κ1) is 21.6. The van der Waals surface area contributed by atoms with E-state index >= 15 is 0 Å². The molecule has 0 aliphatic carbocycles. The van der Waals surface area contributed by atoms with Crippen LogP contribution in [0.15, 0.2) is 24.3 Å². The van der Waals surface area contributed by atoms with Crippen LogP contribution in [0.5, 0.6) is 0 Å². The Labute approximate surface area is 176 Å². The zero-order chi connectivity index (χ0) is 21.5. The van der Waals surface area contributed by atoms with Crippen LogP contribution >= 0.6 is 0 Å². The number of alkyl halides is 3. The first-order valence-corrected chi connectivity index (χ1v) is 11.1. The molecule has 0 radical (unpaired) electrons. The number of rotatable bonds is 3. The zero-order valence-corrected chi connectivity index (χ0v) is 17.7. The molecular weight excluding hydrogens is 393 g/mol. The zero-order valence-electron chi connectivity index (χ0n) is 17.7. The molecule has 1 aromatic rings. The molecule has 3 fully saturated rings. The van der Waals surface area contributed by atoms with Gasteiger partial charge in [-0.3, -0.25) is 9.69 Å². The second-order valence-electron chi connectivity index (χ2n) is 9.35. The van der Waals surface area contributed by atoms with Crippen LogP contribution in [0.3, 0.4) is 0 Å². The van der Waals surface area contributed by atoms with E-state index in [0.29, 0.717) is 31.4 Å². The van der Waals surface area contributed by atoms with Gasteiger partial charge in [0.05, 0.1) is 30.4 Å². The average molecular weight is 425 g/mol. The summed E-state index contributed by atoms with van der Waals surface area (Å²) in [4.78, 5) is 17.3. The number of halogens is 3. The van der Waals surface area contributed by atoms with Crippen LogP contribution in [-0.4, -0.2) is 53.6 Å². The normalized spacial score (nSPS) is 30.7. The third-order valence-corrected chi connectivity index (χ3v) is 6.95. The van der Waals surface area contributed by atoms with Crippen LogP contribution in [0.2, 0.25) is 0 Å². The fraction of sp³-hybridized carbons (Fsp3) is 0.696. The van der Waals surface area contributed by atoms with Crippen molar-refractivity contribution in [3.63, 3.8) is 0 Å². The summed E-state index contributed by atoms with van der Waals surface area (Å²) in [7, 11) is 0. The number of hydrogen-bond acceptors (Lipinski definition) is 3. The highest BCUT2D eigenvalue weighted by Crippen LogP contribution is 2.38. The Morgan fingerprint density at radius 2 is 1.90 bits per heavy atom. The molecule has 0 N–H and O–H groups in total. The summed E-state index contributed by atoms with van der Waals surface area (Å²) >= 11 is 0. The Morgan fingerprint density at radius 3 is 2.57 bits per heavy atom. The van der Waals surface area contributed by atoms with Crippen molar-refractivity contribution in [1.29, 1.82) is 0 Å². The van der Waals surface area contributed by atoms with E-state index in [0.717, 1.165) is 37.9 Å². The van der Waals surface area contributed by atoms with Gasteiger partial charge in [-0.15, -0.1) is 0 Å². The first-order valence-electron chi connectivity index (χ1n) is 11.1. The molecule has 0 bridgehead atoms. The molecule has 4 nitrogen and oxygen atoms in total. The minimum atomic E-state index is -4.31. The molecule has 0 saturated carbocycles. The van der Waals surface area contributed by atoms with Crippen molar-refractivity contribution in [3.05, 3.63) is 35.4 Å². The van der Waals surface area contributed by atoms with Crippen LogP contribution in [0, 0.1) is 11.8 Å². The van der Waals surface area contributed by atoms with E-state index in [1.165, 1.54) is 12.1 Å². The predicted molar refractivity (Wildman–Crippen MR) is 108 cm³/mol. The molecule has 4 rings (SSSR count). The fourth-order valence-electron chi connectivity index (χ4n) is 5.40. The van der Waals surface area contributed by atoms with Gasteiger partial charge in [0, 0.05) is 19.5 Å². The number of piperidine rings is 1. The number of nitrogens with zero attached hydrogens (tertiary/aromatic N) is 2. The molecule has 0 unspecified atom stereocenters. The van der Waals surface area contributed by atoms with Crippen LogP contribution < -0.4 is 0 Å². The number of carbonyl (C=O) groups excluding carboxylic acids is 1. The number of benzene rings is 1. The molecule has 30 heavy (non-hydrogen) atoms. The van der Waals surface area contributed by atoms with Crippen LogP contribution in [0.1, 0.15) is 50.7 Å². The third-order valence-electron chi connectivity index (χ3n) is 6.95. The monoisotopic (exact) mass is 424 g/mol. The third kappa shape index (κ3) is 4.37. The summed E-state index contributed by atoms with van der Waals surface area (Å²) in [5.74, 6) is 0.935. The van der Waals surface area contributed by atoms with Gasteiger partial charge in [0.25, 0.3) is 0 Å². The van der Waals surface area contributed by atoms with Gasteiger partial charge >= 0.3 is 6.18 Å². The van der Waals surface area contributed by atoms with E-state index in [1.54, 1.807) is 12.1 Å². The lowest BCUT2D eigenvalue weighted by molar-refractivity contribution is -0.178. The van der Waals surface area contributed by atoms with Gasteiger partial charge in [-0.05, 0) is 55.3 Å². The van der Waals surface area contributed by atoms with Gasteiger partial charge in [0.15, 0.2) is 0 Å². The summed E-state index contributed by atoms with van der Waals surface area (Å²) in [6.07, 6.45) is -0.899. The molecule has 4 atom stereocenters. The van der Waals surface area contributed by atoms with Gasteiger partial charge in [0.1, 0.15) is 0 Å². The number of ether oxygens (including phenoxy) is 1. The molecule has 1 amide bonds. The topological polar surface area (TPSA) is 32.8 Å². The first-order chi connectivity index (χ1) is 14.2. The largest absolute Gasteiger partial charge is 0.416 e. The van der Waals surface area contributed by atoms with Gasteiger partial charge < -0.3 is 9.64 Å². The number of likely N-dealkylation sites (tertiary alicyclic amines) is 1.